The van der Waals surface area contributed by atoms with Crippen molar-refractivity contribution in [2.75, 3.05) is 0 Å². The van der Waals surface area contributed by atoms with Crippen LogP contribution in [-0.4, -0.2) is 19.9 Å². The highest BCUT2D eigenvalue weighted by molar-refractivity contribution is 7.25. The van der Waals surface area contributed by atoms with Crippen LogP contribution in [0.3, 0.4) is 0 Å². The lowest BCUT2D eigenvalue weighted by atomic mass is 9.87. The SMILES string of the molecule is N#Cc1ccc(-c2cc3c4cccnc4c(-c4cccc(-c5nc(-c6ccccc6)nc(-c6ccc7c(c6)sc6ccccc67)n5)c4)cc3c3ccccc23)c2ccccc12. The fourth-order valence-corrected chi connectivity index (χ4v) is 10.1. The zero-order valence-electron chi connectivity index (χ0n) is 32.5. The number of nitrogens with zero attached hydrogens (tertiary/aromatic N) is 5. The van der Waals surface area contributed by atoms with E-state index in [1.54, 1.807) is 11.3 Å². The van der Waals surface area contributed by atoms with Gasteiger partial charge in [0.1, 0.15) is 0 Å². The molecular formula is C55H31N5S. The Morgan fingerprint density at radius 1 is 0.361 bits per heavy atom. The van der Waals surface area contributed by atoms with Crippen LogP contribution in [0, 0.1) is 11.3 Å². The van der Waals surface area contributed by atoms with Crippen LogP contribution in [0.5, 0.6) is 0 Å². The van der Waals surface area contributed by atoms with Crippen molar-refractivity contribution in [1.29, 1.82) is 5.26 Å². The number of hydrogen-bond acceptors (Lipinski definition) is 6. The normalized spacial score (nSPS) is 11.6. The Bertz CT molecular complexity index is 3790. The molecule has 0 bridgehead atoms. The highest BCUT2D eigenvalue weighted by atomic mass is 32.1. The van der Waals surface area contributed by atoms with Crippen LogP contribution >= 0.6 is 11.3 Å². The number of pyridine rings is 1. The second-order valence-corrected chi connectivity index (χ2v) is 16.4. The summed E-state index contributed by atoms with van der Waals surface area (Å²) >= 11 is 1.79. The standard InChI is InChI=1S/C55H31N5S/c56-32-37-24-25-42(39-17-5-4-16-38(37)39)47-31-49-45-21-11-27-57-52(45)46(30-48(49)41-19-7-6-18-40(41)47)34-14-10-15-35(28-34)54-58-53(33-12-2-1-3-13-33)59-55(60-54)36-23-26-44-43-20-8-9-22-50(43)61-51(44)29-36/h1-31H. The first-order valence-corrected chi connectivity index (χ1v) is 21.0. The minimum Gasteiger partial charge on any atom is -0.256 e. The van der Waals surface area contributed by atoms with Crippen molar-refractivity contribution < 1.29 is 0 Å². The van der Waals surface area contributed by atoms with Crippen molar-refractivity contribution in [3.8, 4) is 62.5 Å². The van der Waals surface area contributed by atoms with Gasteiger partial charge in [0.05, 0.1) is 17.1 Å². The van der Waals surface area contributed by atoms with Crippen LogP contribution in [0.15, 0.2) is 188 Å². The molecule has 0 fully saturated rings. The number of nitriles is 1. The average molecular weight is 794 g/mol. The molecule has 12 rings (SSSR count). The molecule has 0 saturated heterocycles. The monoisotopic (exact) mass is 793 g/mol. The Morgan fingerprint density at radius 2 is 0.951 bits per heavy atom. The van der Waals surface area contributed by atoms with Crippen molar-refractivity contribution >= 4 is 74.7 Å². The molecule has 0 unspecified atom stereocenters. The third-order valence-electron chi connectivity index (χ3n) is 11.8. The van der Waals surface area contributed by atoms with Crippen molar-refractivity contribution in [3.05, 3.63) is 194 Å². The third kappa shape index (κ3) is 5.75. The smallest absolute Gasteiger partial charge is 0.164 e. The van der Waals surface area contributed by atoms with Crippen LogP contribution in [-0.2, 0) is 0 Å². The highest BCUT2D eigenvalue weighted by Gasteiger charge is 2.19. The van der Waals surface area contributed by atoms with E-state index in [9.17, 15) is 5.26 Å². The van der Waals surface area contributed by atoms with E-state index in [1.807, 2.05) is 66.9 Å². The van der Waals surface area contributed by atoms with Crippen LogP contribution in [0.2, 0.25) is 0 Å². The lowest BCUT2D eigenvalue weighted by molar-refractivity contribution is 1.07. The zero-order chi connectivity index (χ0) is 40.4. The van der Waals surface area contributed by atoms with Gasteiger partial charge in [-0.1, -0.05) is 140 Å². The van der Waals surface area contributed by atoms with E-state index in [-0.39, 0.29) is 0 Å². The molecule has 0 radical (unpaired) electrons. The van der Waals surface area contributed by atoms with Gasteiger partial charge in [0.2, 0.25) is 0 Å². The molecular weight excluding hydrogens is 763 g/mol. The maximum Gasteiger partial charge on any atom is 0.164 e. The molecule has 9 aromatic carbocycles. The summed E-state index contributed by atoms with van der Waals surface area (Å²) in [6, 6.07) is 65.7. The van der Waals surface area contributed by atoms with Crippen LogP contribution < -0.4 is 0 Å². The second kappa shape index (κ2) is 14.0. The number of hydrogen-bond donors (Lipinski definition) is 0. The zero-order valence-corrected chi connectivity index (χ0v) is 33.4. The summed E-state index contributed by atoms with van der Waals surface area (Å²) in [5, 5.41) is 20.1. The number of fused-ring (bicyclic) bond motifs is 9. The predicted octanol–water partition coefficient (Wildman–Crippen LogP) is 14.5. The van der Waals surface area contributed by atoms with Crippen molar-refractivity contribution in [2.45, 2.75) is 0 Å². The molecule has 0 spiro atoms. The minimum absolute atomic E-state index is 0.602. The topological polar surface area (TPSA) is 75.3 Å². The second-order valence-electron chi connectivity index (χ2n) is 15.3. The quantitative estimate of drug-likeness (QED) is 0.162. The van der Waals surface area contributed by atoms with E-state index in [0.29, 0.717) is 23.0 Å². The Balaban J connectivity index is 1.04. The molecule has 3 heterocycles. The van der Waals surface area contributed by atoms with E-state index >= 15 is 0 Å². The molecule has 12 aromatic rings. The molecule has 282 valence electrons. The number of rotatable bonds is 5. The molecule has 3 aromatic heterocycles. The lowest BCUT2D eigenvalue weighted by Crippen LogP contribution is -2.00. The summed E-state index contributed by atoms with van der Waals surface area (Å²) < 4.78 is 2.46. The van der Waals surface area contributed by atoms with Crippen molar-refractivity contribution in [3.63, 3.8) is 0 Å². The van der Waals surface area contributed by atoms with Crippen LogP contribution in [0.4, 0.5) is 0 Å². The van der Waals surface area contributed by atoms with Crippen molar-refractivity contribution in [1.82, 2.24) is 19.9 Å². The summed E-state index contributed by atoms with van der Waals surface area (Å²) in [7, 11) is 0. The van der Waals surface area contributed by atoms with Gasteiger partial charge in [-0.3, -0.25) is 4.98 Å². The first-order valence-electron chi connectivity index (χ1n) is 20.2. The van der Waals surface area contributed by atoms with Gasteiger partial charge in [-0.25, -0.2) is 15.0 Å². The summed E-state index contributed by atoms with van der Waals surface area (Å²) in [5.74, 6) is 1.85. The van der Waals surface area contributed by atoms with Gasteiger partial charge >= 0.3 is 0 Å². The molecule has 0 aliphatic heterocycles. The largest absolute Gasteiger partial charge is 0.256 e. The third-order valence-corrected chi connectivity index (χ3v) is 12.9. The molecule has 0 aliphatic rings. The van der Waals surface area contributed by atoms with Gasteiger partial charge in [-0.15, -0.1) is 11.3 Å². The van der Waals surface area contributed by atoms with E-state index in [2.05, 4.69) is 127 Å². The van der Waals surface area contributed by atoms with Gasteiger partial charge in [0, 0.05) is 59.4 Å². The summed E-state index contributed by atoms with van der Waals surface area (Å²) in [4.78, 5) is 20.4. The summed E-state index contributed by atoms with van der Waals surface area (Å²) in [5.41, 5.74) is 8.60. The first kappa shape index (κ1) is 34.9. The maximum absolute atomic E-state index is 9.94. The number of thiophene rings is 1. The highest BCUT2D eigenvalue weighted by Crippen LogP contribution is 2.44. The molecule has 5 nitrogen and oxygen atoms in total. The maximum atomic E-state index is 9.94. The van der Waals surface area contributed by atoms with Gasteiger partial charge in [0.15, 0.2) is 17.5 Å². The Morgan fingerprint density at radius 3 is 1.75 bits per heavy atom. The summed E-state index contributed by atoms with van der Waals surface area (Å²) in [6.45, 7) is 0. The summed E-state index contributed by atoms with van der Waals surface area (Å²) in [6.07, 6.45) is 1.87. The molecule has 0 amide bonds. The lowest BCUT2D eigenvalue weighted by Gasteiger charge is -2.17. The Kier molecular flexibility index (Phi) is 8.02. The first-order chi connectivity index (χ1) is 30.2. The van der Waals surface area contributed by atoms with Crippen molar-refractivity contribution in [2.24, 2.45) is 0 Å². The Labute approximate surface area is 354 Å². The molecule has 0 aliphatic carbocycles. The van der Waals surface area contributed by atoms with E-state index in [4.69, 9.17) is 19.9 Å². The number of benzene rings is 9. The van der Waals surface area contributed by atoms with Gasteiger partial charge in [-0.05, 0) is 86.1 Å². The predicted molar refractivity (Wildman–Crippen MR) is 252 cm³/mol. The molecule has 0 atom stereocenters. The number of aromatic nitrogens is 4. The van der Waals surface area contributed by atoms with Crippen LogP contribution in [0.1, 0.15) is 5.56 Å². The van der Waals surface area contributed by atoms with Gasteiger partial charge in [0.25, 0.3) is 0 Å². The fourth-order valence-electron chi connectivity index (χ4n) is 8.94. The molecule has 0 N–H and O–H groups in total. The van der Waals surface area contributed by atoms with E-state index in [0.717, 1.165) is 82.2 Å². The molecule has 0 saturated carbocycles. The molecule has 6 heteroatoms. The molecule has 61 heavy (non-hydrogen) atoms. The van der Waals surface area contributed by atoms with Gasteiger partial charge in [-0.2, -0.15) is 5.26 Å². The minimum atomic E-state index is 0.602. The van der Waals surface area contributed by atoms with E-state index < -0.39 is 0 Å². The van der Waals surface area contributed by atoms with Gasteiger partial charge < -0.3 is 0 Å². The van der Waals surface area contributed by atoms with E-state index in [1.165, 1.54) is 20.2 Å². The fraction of sp³-hybridized carbons (Fsp3) is 0. The average Bonchev–Trinajstić information content (AvgIpc) is 3.71. The van der Waals surface area contributed by atoms with Crippen LogP contribution in [0.25, 0.3) is 120 Å². The Hall–Kier alpha value is -8.11.